The molecule has 0 spiro atoms. The summed E-state index contributed by atoms with van der Waals surface area (Å²) in [6.07, 6.45) is 0.529. The Bertz CT molecular complexity index is 1340. The molecule has 1 aliphatic heterocycles. The van der Waals surface area contributed by atoms with Gasteiger partial charge in [-0.25, -0.2) is 0 Å². The number of fused-ring (bicyclic) bond motifs is 1. The highest BCUT2D eigenvalue weighted by Gasteiger charge is 2.19. The molecule has 9 nitrogen and oxygen atoms in total. The summed E-state index contributed by atoms with van der Waals surface area (Å²) in [5.41, 5.74) is 0.908. The van der Waals surface area contributed by atoms with Crippen molar-refractivity contribution in [1.82, 2.24) is 9.47 Å². The first-order valence-electron chi connectivity index (χ1n) is 12.0. The van der Waals surface area contributed by atoms with E-state index in [0.717, 1.165) is 55.8 Å². The third-order valence-corrected chi connectivity index (χ3v) is 7.70. The summed E-state index contributed by atoms with van der Waals surface area (Å²) in [4.78, 5) is 39.1. The van der Waals surface area contributed by atoms with Crippen molar-refractivity contribution in [3.8, 4) is 5.75 Å². The van der Waals surface area contributed by atoms with Gasteiger partial charge in [0.25, 0.3) is 5.56 Å². The highest BCUT2D eigenvalue weighted by atomic mass is 35.5. The second-order valence-corrected chi connectivity index (χ2v) is 10.8. The molecule has 1 fully saturated rings. The summed E-state index contributed by atoms with van der Waals surface area (Å²) in [5.74, 6) is 0.540. The van der Waals surface area contributed by atoms with Crippen LogP contribution in [0.1, 0.15) is 26.0 Å². The number of nitrogens with zero attached hydrogens (tertiary/aromatic N) is 3. The van der Waals surface area contributed by atoms with Crippen LogP contribution in [0.4, 0.5) is 5.69 Å². The highest BCUT2D eigenvalue weighted by molar-refractivity contribution is 7.43. The number of unbranched alkanes of at least 4 members (excludes halogenated alkanes) is 1. The number of aromatic nitrogens is 1. The molecule has 0 saturated carbocycles. The molecule has 0 radical (unpaired) electrons. The third-order valence-electron chi connectivity index (χ3n) is 6.33. The van der Waals surface area contributed by atoms with Gasteiger partial charge < -0.3 is 28.5 Å². The number of ether oxygens (including phenoxy) is 1. The summed E-state index contributed by atoms with van der Waals surface area (Å²) >= 11 is 12.5. The van der Waals surface area contributed by atoms with E-state index in [1.807, 2.05) is 12.1 Å². The molecular formula is C25H28Cl2N3O6P-2. The number of hydrogen-bond donors (Lipinski definition) is 0. The second-order valence-electron chi connectivity index (χ2n) is 8.87. The van der Waals surface area contributed by atoms with Gasteiger partial charge in [-0.15, -0.1) is 0 Å². The van der Waals surface area contributed by atoms with Crippen LogP contribution in [0.2, 0.25) is 10.0 Å². The number of pyridine rings is 1. The summed E-state index contributed by atoms with van der Waals surface area (Å²) in [5, 5.41) is 1.85. The third kappa shape index (κ3) is 7.27. The fraction of sp³-hybridized carbons (Fsp3) is 0.400. The number of phosphoric acid groups is 1. The number of piperazine rings is 1. The molecule has 37 heavy (non-hydrogen) atoms. The first-order chi connectivity index (χ1) is 17.6. The predicted molar refractivity (Wildman–Crippen MR) is 141 cm³/mol. The monoisotopic (exact) mass is 567 g/mol. The molecule has 3 aromatic rings. The summed E-state index contributed by atoms with van der Waals surface area (Å²) in [6.45, 7) is 6.41. The molecule has 4 rings (SSSR count). The van der Waals surface area contributed by atoms with E-state index in [4.69, 9.17) is 27.9 Å². The quantitative estimate of drug-likeness (QED) is 0.269. The maximum absolute atomic E-state index is 12.4. The van der Waals surface area contributed by atoms with Gasteiger partial charge in [-0.2, -0.15) is 0 Å². The minimum atomic E-state index is -5.27. The van der Waals surface area contributed by atoms with Crippen LogP contribution < -0.4 is 25.0 Å². The van der Waals surface area contributed by atoms with E-state index < -0.39 is 19.6 Å². The Kier molecular flexibility index (Phi) is 9.19. The Morgan fingerprint density at radius 1 is 1.03 bits per heavy atom. The van der Waals surface area contributed by atoms with Gasteiger partial charge in [0, 0.05) is 38.3 Å². The largest absolute Gasteiger partial charge is 0.790 e. The molecule has 2 heterocycles. The highest BCUT2D eigenvalue weighted by Crippen LogP contribution is 2.34. The molecule has 2 aromatic carbocycles. The average Bonchev–Trinajstić information content (AvgIpc) is 2.84. The predicted octanol–water partition coefficient (Wildman–Crippen LogP) is 3.65. The fourth-order valence-electron chi connectivity index (χ4n) is 4.51. The van der Waals surface area contributed by atoms with Crippen molar-refractivity contribution in [2.24, 2.45) is 0 Å². The number of phosphoric ester groups is 1. The maximum Gasteiger partial charge on any atom is 0.253 e. The van der Waals surface area contributed by atoms with Gasteiger partial charge in [-0.1, -0.05) is 29.3 Å². The van der Waals surface area contributed by atoms with Crippen LogP contribution in [-0.4, -0.2) is 48.8 Å². The van der Waals surface area contributed by atoms with Gasteiger partial charge in [0.15, 0.2) is 0 Å². The smallest absolute Gasteiger partial charge is 0.253 e. The van der Waals surface area contributed by atoms with Gasteiger partial charge >= 0.3 is 0 Å². The van der Waals surface area contributed by atoms with Crippen LogP contribution in [-0.2, 0) is 9.09 Å². The lowest BCUT2D eigenvalue weighted by atomic mass is 10.2. The fourth-order valence-corrected chi connectivity index (χ4v) is 5.39. The zero-order valence-corrected chi connectivity index (χ0v) is 22.8. The molecule has 0 aliphatic carbocycles. The Balaban J connectivity index is 1.27. The van der Waals surface area contributed by atoms with Crippen molar-refractivity contribution in [2.45, 2.75) is 26.0 Å². The SMILES string of the molecule is CC(OP(=O)([O-])[O-])n1c(=O)ccc2ccc(OCCCCN3CCN(c4cccc(Cl)c4Cl)CC3)cc21. The molecule has 0 bridgehead atoms. The van der Waals surface area contributed by atoms with E-state index in [2.05, 4.69) is 14.3 Å². The lowest BCUT2D eigenvalue weighted by Crippen LogP contribution is -2.46. The Labute approximate surface area is 225 Å². The lowest BCUT2D eigenvalue weighted by molar-refractivity contribution is -0.346. The van der Waals surface area contributed by atoms with Gasteiger partial charge in [0.2, 0.25) is 0 Å². The number of anilines is 1. The van der Waals surface area contributed by atoms with Gasteiger partial charge in [0.05, 0.1) is 35.7 Å². The van der Waals surface area contributed by atoms with Crippen LogP contribution in [0, 0.1) is 0 Å². The minimum Gasteiger partial charge on any atom is -0.790 e. The average molecular weight is 568 g/mol. The number of benzene rings is 2. The second kappa shape index (κ2) is 12.2. The number of halogens is 2. The van der Waals surface area contributed by atoms with E-state index in [1.54, 1.807) is 30.3 Å². The molecule has 200 valence electrons. The molecule has 0 N–H and O–H groups in total. The molecule has 1 saturated heterocycles. The molecule has 1 aromatic heterocycles. The van der Waals surface area contributed by atoms with Gasteiger partial charge in [-0.3, -0.25) is 14.3 Å². The van der Waals surface area contributed by atoms with Crippen LogP contribution in [0.15, 0.2) is 53.3 Å². The first kappa shape index (κ1) is 27.9. The van der Waals surface area contributed by atoms with E-state index in [9.17, 15) is 19.1 Å². The van der Waals surface area contributed by atoms with Crippen molar-refractivity contribution < 1.29 is 23.6 Å². The molecule has 1 aliphatic rings. The molecule has 12 heteroatoms. The number of rotatable bonds is 10. The van der Waals surface area contributed by atoms with E-state index in [0.29, 0.717) is 33.3 Å². The Hall–Kier alpha value is -2.10. The Morgan fingerprint density at radius 3 is 2.49 bits per heavy atom. The van der Waals surface area contributed by atoms with E-state index >= 15 is 0 Å². The summed E-state index contributed by atoms with van der Waals surface area (Å²) in [6, 6.07) is 13.8. The number of hydrogen-bond acceptors (Lipinski definition) is 8. The normalized spacial score (nSPS) is 15.8. The van der Waals surface area contributed by atoms with E-state index in [-0.39, 0.29) is 0 Å². The molecule has 0 amide bonds. The zero-order chi connectivity index (χ0) is 26.6. The molecular weight excluding hydrogens is 540 g/mol. The van der Waals surface area contributed by atoms with Crippen LogP contribution in [0.5, 0.6) is 5.75 Å². The van der Waals surface area contributed by atoms with Crippen molar-refractivity contribution >= 4 is 47.6 Å². The van der Waals surface area contributed by atoms with Crippen LogP contribution >= 0.6 is 31.0 Å². The van der Waals surface area contributed by atoms with Crippen molar-refractivity contribution in [3.05, 3.63) is 68.9 Å². The lowest BCUT2D eigenvalue weighted by Gasteiger charge is -2.36. The van der Waals surface area contributed by atoms with Crippen molar-refractivity contribution in [3.63, 3.8) is 0 Å². The van der Waals surface area contributed by atoms with Gasteiger partial charge in [-0.05, 0) is 62.0 Å². The zero-order valence-electron chi connectivity index (χ0n) is 20.3. The molecule has 1 atom stereocenters. The van der Waals surface area contributed by atoms with Crippen LogP contribution in [0.3, 0.4) is 0 Å². The molecule has 1 unspecified atom stereocenters. The minimum absolute atomic E-state index is 0.420. The maximum atomic E-state index is 12.4. The van der Waals surface area contributed by atoms with Gasteiger partial charge in [0.1, 0.15) is 12.0 Å². The van der Waals surface area contributed by atoms with E-state index in [1.165, 1.54) is 13.0 Å². The summed E-state index contributed by atoms with van der Waals surface area (Å²) in [7, 11) is -5.27. The van der Waals surface area contributed by atoms with Crippen molar-refractivity contribution in [1.29, 1.82) is 0 Å². The summed E-state index contributed by atoms with van der Waals surface area (Å²) < 4.78 is 22.6. The standard InChI is InChI=1S/C25H30Cl2N3O6P/c1-18(36-37(32,33)34)30-23-17-20(9-7-19(23)8-10-24(30)31)35-16-3-2-11-28-12-14-29(15-13-28)22-6-4-5-21(26)25(22)27/h4-10,17-18H,2-3,11-16H2,1H3,(H2,32,33,34)/p-2. The topological polar surface area (TPSA) is 110 Å². The van der Waals surface area contributed by atoms with Crippen molar-refractivity contribution in [2.75, 3.05) is 44.2 Å². The van der Waals surface area contributed by atoms with Crippen LogP contribution in [0.25, 0.3) is 10.9 Å². The Morgan fingerprint density at radius 2 is 1.76 bits per heavy atom. The first-order valence-corrected chi connectivity index (χ1v) is 14.2.